The first-order valence-corrected chi connectivity index (χ1v) is 8.00. The Labute approximate surface area is 146 Å². The topological polar surface area (TPSA) is 107 Å². The van der Waals surface area contributed by atoms with Crippen molar-refractivity contribution in [1.29, 1.82) is 0 Å². The van der Waals surface area contributed by atoms with Gasteiger partial charge in [0.2, 0.25) is 0 Å². The van der Waals surface area contributed by atoms with Crippen molar-refractivity contribution in [2.24, 2.45) is 0 Å². The van der Waals surface area contributed by atoms with Crippen molar-refractivity contribution in [2.75, 3.05) is 5.32 Å². The Hall–Kier alpha value is -3.75. The number of benzene rings is 1. The third kappa shape index (κ3) is 2.29. The SMILES string of the molecule is Cc1cc(-c2nnn3c2nc(NCc2ccon2)c2ccccc23)no1. The van der Waals surface area contributed by atoms with Crippen molar-refractivity contribution < 1.29 is 9.05 Å². The van der Waals surface area contributed by atoms with Gasteiger partial charge in [-0.3, -0.25) is 0 Å². The molecule has 0 aliphatic rings. The second-order valence-corrected chi connectivity index (χ2v) is 5.82. The lowest BCUT2D eigenvalue weighted by Gasteiger charge is -2.09. The lowest BCUT2D eigenvalue weighted by atomic mass is 10.2. The highest BCUT2D eigenvalue weighted by atomic mass is 16.5. The summed E-state index contributed by atoms with van der Waals surface area (Å²) in [7, 11) is 0. The van der Waals surface area contributed by atoms with Crippen LogP contribution in [0.2, 0.25) is 0 Å². The number of aryl methyl sites for hydroxylation is 1. The van der Waals surface area contributed by atoms with Crippen molar-refractivity contribution in [3.8, 4) is 11.4 Å². The van der Waals surface area contributed by atoms with Crippen LogP contribution in [0.25, 0.3) is 27.9 Å². The fraction of sp³-hybridized carbons (Fsp3) is 0.118. The quantitative estimate of drug-likeness (QED) is 0.529. The summed E-state index contributed by atoms with van der Waals surface area (Å²) < 4.78 is 11.7. The highest BCUT2D eigenvalue weighted by molar-refractivity contribution is 5.92. The second-order valence-electron chi connectivity index (χ2n) is 5.82. The van der Waals surface area contributed by atoms with Gasteiger partial charge in [0.05, 0.1) is 12.1 Å². The summed E-state index contributed by atoms with van der Waals surface area (Å²) in [5.74, 6) is 1.41. The van der Waals surface area contributed by atoms with E-state index in [0.29, 0.717) is 35.2 Å². The van der Waals surface area contributed by atoms with Gasteiger partial charge in [0.1, 0.15) is 29.2 Å². The Morgan fingerprint density at radius 3 is 2.88 bits per heavy atom. The lowest BCUT2D eigenvalue weighted by Crippen LogP contribution is -2.05. The van der Waals surface area contributed by atoms with E-state index in [0.717, 1.165) is 16.6 Å². The number of nitrogens with zero attached hydrogens (tertiary/aromatic N) is 6. The molecule has 0 saturated heterocycles. The second kappa shape index (κ2) is 5.66. The smallest absolute Gasteiger partial charge is 0.188 e. The zero-order chi connectivity index (χ0) is 17.5. The van der Waals surface area contributed by atoms with Crippen LogP contribution in [0.5, 0.6) is 0 Å². The third-order valence-corrected chi connectivity index (χ3v) is 4.05. The minimum absolute atomic E-state index is 0.490. The van der Waals surface area contributed by atoms with Crippen LogP contribution < -0.4 is 5.32 Å². The maximum Gasteiger partial charge on any atom is 0.188 e. The van der Waals surface area contributed by atoms with Gasteiger partial charge in [-0.1, -0.05) is 27.7 Å². The molecule has 0 unspecified atom stereocenters. The molecule has 0 aliphatic carbocycles. The molecule has 9 heteroatoms. The van der Waals surface area contributed by atoms with Crippen LogP contribution in [0.3, 0.4) is 0 Å². The predicted molar refractivity (Wildman–Crippen MR) is 92.4 cm³/mol. The first kappa shape index (κ1) is 14.6. The van der Waals surface area contributed by atoms with Gasteiger partial charge in [0, 0.05) is 17.5 Å². The van der Waals surface area contributed by atoms with Crippen molar-refractivity contribution in [1.82, 2.24) is 30.1 Å². The van der Waals surface area contributed by atoms with Crippen LogP contribution in [-0.2, 0) is 6.54 Å². The molecule has 4 heterocycles. The van der Waals surface area contributed by atoms with E-state index < -0.39 is 0 Å². The van der Waals surface area contributed by atoms with Gasteiger partial charge in [-0.05, 0) is 19.1 Å². The van der Waals surface area contributed by atoms with Crippen LogP contribution in [0.1, 0.15) is 11.5 Å². The van der Waals surface area contributed by atoms with Gasteiger partial charge >= 0.3 is 0 Å². The number of fused-ring (bicyclic) bond motifs is 3. The zero-order valence-corrected chi connectivity index (χ0v) is 13.7. The summed E-state index contributed by atoms with van der Waals surface area (Å²) in [5, 5.41) is 20.7. The van der Waals surface area contributed by atoms with E-state index in [1.807, 2.05) is 37.3 Å². The van der Waals surface area contributed by atoms with E-state index in [2.05, 4.69) is 25.9 Å². The first-order chi connectivity index (χ1) is 12.8. The van der Waals surface area contributed by atoms with E-state index >= 15 is 0 Å². The van der Waals surface area contributed by atoms with Gasteiger partial charge in [-0.25, -0.2) is 4.98 Å². The molecule has 4 aromatic heterocycles. The van der Waals surface area contributed by atoms with Crippen LogP contribution in [-0.4, -0.2) is 30.1 Å². The zero-order valence-electron chi connectivity index (χ0n) is 13.7. The Kier molecular flexibility index (Phi) is 3.17. The number of hydrogen-bond donors (Lipinski definition) is 1. The lowest BCUT2D eigenvalue weighted by molar-refractivity contribution is 0.399. The van der Waals surface area contributed by atoms with Gasteiger partial charge in [-0.2, -0.15) is 4.52 Å². The molecule has 26 heavy (non-hydrogen) atoms. The van der Waals surface area contributed by atoms with Crippen LogP contribution >= 0.6 is 0 Å². The molecule has 0 fully saturated rings. The molecule has 0 saturated carbocycles. The average molecular weight is 347 g/mol. The number of nitrogens with one attached hydrogen (secondary N) is 1. The molecule has 128 valence electrons. The molecule has 0 spiro atoms. The van der Waals surface area contributed by atoms with E-state index in [-0.39, 0.29) is 0 Å². The van der Waals surface area contributed by atoms with Crippen LogP contribution in [0, 0.1) is 6.92 Å². The number of aromatic nitrogens is 6. The van der Waals surface area contributed by atoms with Crippen molar-refractivity contribution in [2.45, 2.75) is 13.5 Å². The molecular formula is C17H13N7O2. The Balaban J connectivity index is 1.69. The summed E-state index contributed by atoms with van der Waals surface area (Å²) in [4.78, 5) is 4.74. The molecule has 0 bridgehead atoms. The maximum atomic E-state index is 5.16. The Morgan fingerprint density at radius 2 is 2.08 bits per heavy atom. The van der Waals surface area contributed by atoms with E-state index in [4.69, 9.17) is 14.0 Å². The average Bonchev–Trinajstić information content (AvgIpc) is 3.40. The van der Waals surface area contributed by atoms with E-state index in [1.54, 1.807) is 10.6 Å². The molecule has 1 aromatic carbocycles. The molecule has 0 atom stereocenters. The molecule has 9 nitrogen and oxygen atoms in total. The van der Waals surface area contributed by atoms with Gasteiger partial charge in [0.15, 0.2) is 11.3 Å². The largest absolute Gasteiger partial charge is 0.364 e. The summed E-state index contributed by atoms with van der Waals surface area (Å²) in [5.41, 5.74) is 3.44. The maximum absolute atomic E-state index is 5.16. The summed E-state index contributed by atoms with van der Waals surface area (Å²) >= 11 is 0. The highest BCUT2D eigenvalue weighted by Crippen LogP contribution is 2.27. The number of anilines is 1. The highest BCUT2D eigenvalue weighted by Gasteiger charge is 2.18. The van der Waals surface area contributed by atoms with Crippen LogP contribution in [0.15, 0.2) is 51.7 Å². The fourth-order valence-electron chi connectivity index (χ4n) is 2.85. The van der Waals surface area contributed by atoms with Gasteiger partial charge in [-0.15, -0.1) is 5.10 Å². The third-order valence-electron chi connectivity index (χ3n) is 4.05. The minimum Gasteiger partial charge on any atom is -0.364 e. The Morgan fingerprint density at radius 1 is 1.15 bits per heavy atom. The molecule has 0 amide bonds. The summed E-state index contributed by atoms with van der Waals surface area (Å²) in [6, 6.07) is 11.5. The first-order valence-electron chi connectivity index (χ1n) is 8.00. The molecule has 0 radical (unpaired) electrons. The number of rotatable bonds is 4. The monoisotopic (exact) mass is 347 g/mol. The van der Waals surface area contributed by atoms with E-state index in [9.17, 15) is 0 Å². The molecule has 5 rings (SSSR count). The molecule has 5 aromatic rings. The predicted octanol–water partition coefficient (Wildman–Crippen LogP) is 2.84. The normalized spacial score (nSPS) is 11.4. The van der Waals surface area contributed by atoms with Crippen molar-refractivity contribution in [3.63, 3.8) is 0 Å². The summed E-state index contributed by atoms with van der Waals surface area (Å²) in [6.07, 6.45) is 1.54. The van der Waals surface area contributed by atoms with Crippen molar-refractivity contribution in [3.05, 3.63) is 54.1 Å². The number of hydrogen-bond acceptors (Lipinski definition) is 8. The van der Waals surface area contributed by atoms with Crippen LogP contribution in [0.4, 0.5) is 5.82 Å². The minimum atomic E-state index is 0.490. The number of para-hydroxylation sites is 1. The summed E-state index contributed by atoms with van der Waals surface area (Å²) in [6.45, 7) is 2.32. The van der Waals surface area contributed by atoms with Gasteiger partial charge < -0.3 is 14.4 Å². The molecule has 1 N–H and O–H groups in total. The van der Waals surface area contributed by atoms with E-state index in [1.165, 1.54) is 6.26 Å². The standard InChI is InChI=1S/C17H13N7O2/c1-10-8-13(22-26-10)15-17-19-16(18-9-11-6-7-25-21-11)12-4-2-3-5-14(12)24(17)23-20-15/h2-8H,9H2,1H3,(H,18,19). The molecular weight excluding hydrogens is 334 g/mol. The molecule has 0 aliphatic heterocycles. The fourth-order valence-corrected chi connectivity index (χ4v) is 2.85. The van der Waals surface area contributed by atoms with Crippen molar-refractivity contribution >= 4 is 22.4 Å². The van der Waals surface area contributed by atoms with Gasteiger partial charge in [0.25, 0.3) is 0 Å². The Bertz CT molecular complexity index is 1210.